The lowest BCUT2D eigenvalue weighted by molar-refractivity contribution is -0.137. The van der Waals surface area contributed by atoms with Gasteiger partial charge in [-0.25, -0.2) is 0 Å². The van der Waals surface area contributed by atoms with Gasteiger partial charge in [0, 0.05) is 36.7 Å². The van der Waals surface area contributed by atoms with Crippen molar-refractivity contribution in [1.82, 2.24) is 9.88 Å². The first kappa shape index (κ1) is 22.0. The summed E-state index contributed by atoms with van der Waals surface area (Å²) in [6, 6.07) is 19.8. The number of alkyl halides is 3. The van der Waals surface area contributed by atoms with Crippen molar-refractivity contribution in [2.24, 2.45) is 0 Å². The minimum atomic E-state index is -4.34. The lowest BCUT2D eigenvalue weighted by Gasteiger charge is -2.10. The Morgan fingerprint density at radius 1 is 0.906 bits per heavy atom. The first-order valence-electron chi connectivity index (χ1n) is 10.4. The molecule has 0 amide bonds. The number of aromatic nitrogens is 1. The highest BCUT2D eigenvalue weighted by Gasteiger charge is 2.30. The lowest BCUT2D eigenvalue weighted by Crippen LogP contribution is -2.13. The van der Waals surface area contributed by atoms with Gasteiger partial charge in [0.25, 0.3) is 0 Å². The number of methoxy groups -OCH3 is 1. The number of hydrogen-bond donors (Lipinski definition) is 1. The fourth-order valence-corrected chi connectivity index (χ4v) is 3.97. The van der Waals surface area contributed by atoms with Crippen LogP contribution in [-0.4, -0.2) is 11.7 Å². The Morgan fingerprint density at radius 2 is 1.66 bits per heavy atom. The minimum absolute atomic E-state index is 0.346. The van der Waals surface area contributed by atoms with Gasteiger partial charge in [0.2, 0.25) is 0 Å². The largest absolute Gasteiger partial charge is 0.496 e. The normalized spacial score (nSPS) is 11.8. The van der Waals surface area contributed by atoms with E-state index in [4.69, 9.17) is 4.74 Å². The van der Waals surface area contributed by atoms with E-state index >= 15 is 0 Å². The van der Waals surface area contributed by atoms with Gasteiger partial charge < -0.3 is 14.6 Å². The molecule has 0 spiro atoms. The molecule has 0 bridgehead atoms. The molecule has 0 radical (unpaired) electrons. The van der Waals surface area contributed by atoms with Gasteiger partial charge in [-0.3, -0.25) is 0 Å². The summed E-state index contributed by atoms with van der Waals surface area (Å²) in [6.07, 6.45) is -2.23. The van der Waals surface area contributed by atoms with Crippen LogP contribution >= 0.6 is 0 Å². The van der Waals surface area contributed by atoms with Crippen LogP contribution in [0.3, 0.4) is 0 Å². The van der Waals surface area contributed by atoms with Gasteiger partial charge in [0.05, 0.1) is 12.7 Å². The fraction of sp³-hybridized carbons (Fsp3) is 0.231. The van der Waals surface area contributed by atoms with Crippen LogP contribution in [0.2, 0.25) is 0 Å². The molecule has 1 N–H and O–H groups in total. The second-order valence-electron chi connectivity index (χ2n) is 7.91. The van der Waals surface area contributed by atoms with Crippen molar-refractivity contribution in [2.75, 3.05) is 7.11 Å². The summed E-state index contributed by atoms with van der Waals surface area (Å²) < 4.78 is 46.7. The van der Waals surface area contributed by atoms with E-state index in [9.17, 15) is 13.2 Å². The van der Waals surface area contributed by atoms with E-state index < -0.39 is 11.7 Å². The van der Waals surface area contributed by atoms with Crippen LogP contribution in [0, 0.1) is 6.92 Å². The predicted molar refractivity (Wildman–Crippen MR) is 121 cm³/mol. The molecule has 4 rings (SSSR count). The Hall–Kier alpha value is -3.25. The highest BCUT2D eigenvalue weighted by Crippen LogP contribution is 2.31. The van der Waals surface area contributed by atoms with Crippen molar-refractivity contribution >= 4 is 10.9 Å². The quantitative estimate of drug-likeness (QED) is 0.366. The number of rotatable bonds is 7. The summed E-state index contributed by atoms with van der Waals surface area (Å²) in [5.41, 5.74) is 4.39. The SMILES string of the molecule is COc1cc2c(CNCc3cccc(C(F)(F)F)c3)cn(Cc3ccccc3)c2cc1C. The van der Waals surface area contributed by atoms with Gasteiger partial charge in [-0.15, -0.1) is 0 Å². The molecule has 3 aromatic carbocycles. The molecule has 3 nitrogen and oxygen atoms in total. The molecule has 6 heteroatoms. The minimum Gasteiger partial charge on any atom is -0.496 e. The molecule has 1 aromatic heterocycles. The van der Waals surface area contributed by atoms with Crippen molar-refractivity contribution in [3.63, 3.8) is 0 Å². The maximum absolute atomic E-state index is 13.0. The Labute approximate surface area is 185 Å². The van der Waals surface area contributed by atoms with Gasteiger partial charge in [0.15, 0.2) is 0 Å². The van der Waals surface area contributed by atoms with E-state index in [1.807, 2.05) is 31.2 Å². The van der Waals surface area contributed by atoms with Crippen molar-refractivity contribution in [3.05, 3.63) is 101 Å². The maximum atomic E-state index is 13.0. The molecule has 0 atom stereocenters. The number of ether oxygens (including phenoxy) is 1. The monoisotopic (exact) mass is 438 g/mol. The van der Waals surface area contributed by atoms with E-state index in [1.54, 1.807) is 13.2 Å². The number of nitrogens with zero attached hydrogens (tertiary/aromatic N) is 1. The molecular weight excluding hydrogens is 413 g/mol. The summed E-state index contributed by atoms with van der Waals surface area (Å²) in [7, 11) is 1.65. The summed E-state index contributed by atoms with van der Waals surface area (Å²) >= 11 is 0. The number of aryl methyl sites for hydroxylation is 1. The molecular formula is C26H25F3N2O. The molecule has 4 aromatic rings. The van der Waals surface area contributed by atoms with E-state index in [0.717, 1.165) is 40.4 Å². The summed E-state index contributed by atoms with van der Waals surface area (Å²) in [5, 5.41) is 4.37. The van der Waals surface area contributed by atoms with Gasteiger partial charge in [-0.05, 0) is 47.4 Å². The number of nitrogens with one attached hydrogen (secondary N) is 1. The van der Waals surface area contributed by atoms with Gasteiger partial charge in [0.1, 0.15) is 5.75 Å². The van der Waals surface area contributed by atoms with Gasteiger partial charge in [-0.1, -0.05) is 48.5 Å². The molecule has 0 unspecified atom stereocenters. The average molecular weight is 438 g/mol. The number of hydrogen-bond acceptors (Lipinski definition) is 2. The second kappa shape index (κ2) is 9.09. The average Bonchev–Trinajstić information content (AvgIpc) is 3.09. The van der Waals surface area contributed by atoms with Crippen LogP contribution < -0.4 is 10.1 Å². The Balaban J connectivity index is 1.59. The fourth-order valence-electron chi connectivity index (χ4n) is 3.97. The Kier molecular flexibility index (Phi) is 6.24. The van der Waals surface area contributed by atoms with Crippen molar-refractivity contribution in [2.45, 2.75) is 32.7 Å². The van der Waals surface area contributed by atoms with E-state index in [-0.39, 0.29) is 0 Å². The maximum Gasteiger partial charge on any atom is 0.416 e. The summed E-state index contributed by atoms with van der Waals surface area (Å²) in [5.74, 6) is 0.814. The van der Waals surface area contributed by atoms with Crippen molar-refractivity contribution in [1.29, 1.82) is 0 Å². The number of halogens is 3. The molecule has 32 heavy (non-hydrogen) atoms. The summed E-state index contributed by atoms with van der Waals surface area (Å²) in [4.78, 5) is 0. The van der Waals surface area contributed by atoms with Crippen LogP contribution in [0.5, 0.6) is 5.75 Å². The molecule has 0 aliphatic carbocycles. The smallest absolute Gasteiger partial charge is 0.416 e. The van der Waals surface area contributed by atoms with Crippen LogP contribution in [-0.2, 0) is 25.8 Å². The molecule has 1 heterocycles. The van der Waals surface area contributed by atoms with E-state index in [1.165, 1.54) is 17.7 Å². The van der Waals surface area contributed by atoms with Crippen LogP contribution in [0.4, 0.5) is 13.2 Å². The Bertz CT molecular complexity index is 1210. The second-order valence-corrected chi connectivity index (χ2v) is 7.91. The number of benzene rings is 3. The zero-order valence-corrected chi connectivity index (χ0v) is 18.0. The topological polar surface area (TPSA) is 26.2 Å². The molecule has 0 aliphatic heterocycles. The summed E-state index contributed by atoms with van der Waals surface area (Å²) in [6.45, 7) is 3.62. The third kappa shape index (κ3) is 4.81. The predicted octanol–water partition coefficient (Wildman–Crippen LogP) is 6.32. The first-order valence-corrected chi connectivity index (χ1v) is 10.4. The third-order valence-electron chi connectivity index (χ3n) is 5.57. The van der Waals surface area contributed by atoms with Gasteiger partial charge in [-0.2, -0.15) is 13.2 Å². The highest BCUT2D eigenvalue weighted by molar-refractivity contribution is 5.86. The molecule has 0 aliphatic rings. The lowest BCUT2D eigenvalue weighted by atomic mass is 10.1. The van der Waals surface area contributed by atoms with Gasteiger partial charge >= 0.3 is 6.18 Å². The highest BCUT2D eigenvalue weighted by atomic mass is 19.4. The molecule has 0 saturated carbocycles. The zero-order chi connectivity index (χ0) is 22.7. The molecule has 0 fully saturated rings. The first-order chi connectivity index (χ1) is 15.3. The Morgan fingerprint density at radius 3 is 2.38 bits per heavy atom. The van der Waals surface area contributed by atoms with Crippen LogP contribution in [0.15, 0.2) is 72.9 Å². The van der Waals surface area contributed by atoms with E-state index in [2.05, 4.69) is 34.3 Å². The van der Waals surface area contributed by atoms with Crippen LogP contribution in [0.1, 0.15) is 27.8 Å². The number of fused-ring (bicyclic) bond motifs is 1. The molecule has 166 valence electrons. The zero-order valence-electron chi connectivity index (χ0n) is 18.0. The van der Waals surface area contributed by atoms with Crippen molar-refractivity contribution in [3.8, 4) is 5.75 Å². The van der Waals surface area contributed by atoms with Crippen molar-refractivity contribution < 1.29 is 17.9 Å². The van der Waals surface area contributed by atoms with E-state index in [0.29, 0.717) is 18.7 Å². The van der Waals surface area contributed by atoms with Crippen LogP contribution in [0.25, 0.3) is 10.9 Å². The third-order valence-corrected chi connectivity index (χ3v) is 5.57. The molecule has 0 saturated heterocycles. The standard InChI is InChI=1S/C26H25F3N2O/c1-18-11-24-23(13-25(18)32-2)21(17-31(24)16-19-7-4-3-5-8-19)15-30-14-20-9-6-10-22(12-20)26(27,28)29/h3-13,17,30H,14-16H2,1-2H3.